The first-order valence-electron chi connectivity index (χ1n) is 6.10. The van der Waals surface area contributed by atoms with Crippen LogP contribution in [-0.2, 0) is 0 Å². The zero-order chi connectivity index (χ0) is 13.6. The summed E-state index contributed by atoms with van der Waals surface area (Å²) in [5.41, 5.74) is 9.47. The van der Waals surface area contributed by atoms with Crippen molar-refractivity contribution in [3.8, 4) is 0 Å². The van der Waals surface area contributed by atoms with Gasteiger partial charge in [-0.3, -0.25) is 4.57 Å². The Hall–Kier alpha value is -2.37. The van der Waals surface area contributed by atoms with Gasteiger partial charge in [0.25, 0.3) is 0 Å². The predicted octanol–water partition coefficient (Wildman–Crippen LogP) is 2.23. The second-order valence-electron chi connectivity index (χ2n) is 4.60. The average molecular weight is 257 g/mol. The molecule has 3 aromatic heterocycles. The van der Waals surface area contributed by atoms with Crippen LogP contribution in [0.25, 0.3) is 11.2 Å². The fourth-order valence-electron chi connectivity index (χ4n) is 2.54. The third kappa shape index (κ3) is 1.68. The summed E-state index contributed by atoms with van der Waals surface area (Å²) in [5, 5.41) is 3.99. The van der Waals surface area contributed by atoms with E-state index in [0.717, 1.165) is 28.2 Å². The van der Waals surface area contributed by atoms with Gasteiger partial charge in [-0.15, -0.1) is 0 Å². The number of anilines is 1. The molecule has 1 unspecified atom stereocenters. The summed E-state index contributed by atoms with van der Waals surface area (Å²) in [5.74, 6) is 1.24. The van der Waals surface area contributed by atoms with Gasteiger partial charge in [-0.2, -0.15) is 0 Å². The lowest BCUT2D eigenvalue weighted by Crippen LogP contribution is -2.12. The number of nitrogen functional groups attached to an aromatic ring is 1. The van der Waals surface area contributed by atoms with Crippen LogP contribution in [-0.4, -0.2) is 19.7 Å². The van der Waals surface area contributed by atoms with Gasteiger partial charge < -0.3 is 10.3 Å². The molecule has 6 heteroatoms. The van der Waals surface area contributed by atoms with E-state index in [2.05, 4.69) is 15.1 Å². The number of imidazole rings is 1. The number of aryl methyl sites for hydroxylation is 2. The standard InChI is InChI=1S/C13H15N5O/c1-7-11(9(3)19-17-7)8(2)18-12-10(16-13(18)14)5-4-6-15-12/h4-6,8H,1-3H3,(H2,14,16). The van der Waals surface area contributed by atoms with Gasteiger partial charge in [0.1, 0.15) is 11.3 Å². The van der Waals surface area contributed by atoms with Gasteiger partial charge >= 0.3 is 0 Å². The van der Waals surface area contributed by atoms with Gasteiger partial charge in [-0.05, 0) is 32.9 Å². The van der Waals surface area contributed by atoms with Crippen LogP contribution in [0.1, 0.15) is 30.0 Å². The van der Waals surface area contributed by atoms with Crippen molar-refractivity contribution in [1.29, 1.82) is 0 Å². The molecule has 0 spiro atoms. The van der Waals surface area contributed by atoms with E-state index in [9.17, 15) is 0 Å². The SMILES string of the molecule is Cc1noc(C)c1C(C)n1c(N)nc2cccnc21. The topological polar surface area (TPSA) is 82.8 Å². The highest BCUT2D eigenvalue weighted by Gasteiger charge is 2.22. The van der Waals surface area contributed by atoms with E-state index in [4.69, 9.17) is 10.3 Å². The molecule has 2 N–H and O–H groups in total. The maximum Gasteiger partial charge on any atom is 0.203 e. The zero-order valence-electron chi connectivity index (χ0n) is 11.1. The first-order valence-corrected chi connectivity index (χ1v) is 6.10. The van der Waals surface area contributed by atoms with E-state index in [0.29, 0.717) is 5.95 Å². The summed E-state index contributed by atoms with van der Waals surface area (Å²) >= 11 is 0. The number of hydrogen-bond donors (Lipinski definition) is 1. The molecule has 1 atom stereocenters. The second kappa shape index (κ2) is 4.08. The number of hydrogen-bond acceptors (Lipinski definition) is 5. The molecule has 0 fully saturated rings. The summed E-state index contributed by atoms with van der Waals surface area (Å²) in [6.45, 7) is 5.86. The summed E-state index contributed by atoms with van der Waals surface area (Å²) in [7, 11) is 0. The molecule has 0 saturated heterocycles. The van der Waals surface area contributed by atoms with Crippen LogP contribution in [0.2, 0.25) is 0 Å². The van der Waals surface area contributed by atoms with Crippen molar-refractivity contribution in [2.24, 2.45) is 0 Å². The molecule has 0 saturated carbocycles. The molecule has 0 radical (unpaired) electrons. The first kappa shape index (κ1) is 11.7. The van der Waals surface area contributed by atoms with Crippen molar-refractivity contribution in [3.63, 3.8) is 0 Å². The Labute approximate surface area is 110 Å². The molecule has 3 rings (SSSR count). The van der Waals surface area contributed by atoms with Crippen molar-refractivity contribution in [1.82, 2.24) is 19.7 Å². The number of pyridine rings is 1. The Morgan fingerprint density at radius 2 is 2.16 bits per heavy atom. The second-order valence-corrected chi connectivity index (χ2v) is 4.60. The Kier molecular flexibility index (Phi) is 2.51. The van der Waals surface area contributed by atoms with Crippen LogP contribution >= 0.6 is 0 Å². The van der Waals surface area contributed by atoms with Crippen LogP contribution in [0.5, 0.6) is 0 Å². The summed E-state index contributed by atoms with van der Waals surface area (Å²) in [4.78, 5) is 8.69. The molecule has 0 aromatic carbocycles. The third-order valence-electron chi connectivity index (χ3n) is 3.37. The highest BCUT2D eigenvalue weighted by atomic mass is 16.5. The van der Waals surface area contributed by atoms with Crippen LogP contribution in [0.3, 0.4) is 0 Å². The molecule has 0 aliphatic heterocycles. The highest BCUT2D eigenvalue weighted by Crippen LogP contribution is 2.29. The summed E-state index contributed by atoms with van der Waals surface area (Å²) < 4.78 is 7.13. The molecule has 3 heterocycles. The predicted molar refractivity (Wildman–Crippen MR) is 71.7 cm³/mol. The lowest BCUT2D eigenvalue weighted by Gasteiger charge is -2.15. The van der Waals surface area contributed by atoms with E-state index >= 15 is 0 Å². The number of aromatic nitrogens is 4. The molecule has 0 bridgehead atoms. The summed E-state index contributed by atoms with van der Waals surface area (Å²) in [6, 6.07) is 3.72. The van der Waals surface area contributed by atoms with Crippen molar-refractivity contribution < 1.29 is 4.52 Å². The van der Waals surface area contributed by atoms with E-state index in [1.807, 2.05) is 37.5 Å². The number of nitrogens with zero attached hydrogens (tertiary/aromatic N) is 4. The molecule has 6 nitrogen and oxygen atoms in total. The van der Waals surface area contributed by atoms with Crippen LogP contribution in [0, 0.1) is 13.8 Å². The largest absolute Gasteiger partial charge is 0.369 e. The minimum absolute atomic E-state index is 0.0221. The molecule has 0 aliphatic carbocycles. The average Bonchev–Trinajstić information content (AvgIpc) is 2.88. The normalized spacial score (nSPS) is 13.0. The molecule has 3 aromatic rings. The van der Waals surface area contributed by atoms with Crippen molar-refractivity contribution in [2.45, 2.75) is 26.8 Å². The van der Waals surface area contributed by atoms with E-state index in [1.54, 1.807) is 6.20 Å². The Balaban J connectivity index is 2.22. The van der Waals surface area contributed by atoms with Gasteiger partial charge in [-0.25, -0.2) is 9.97 Å². The fourth-order valence-corrected chi connectivity index (χ4v) is 2.54. The Bertz CT molecular complexity index is 723. The van der Waals surface area contributed by atoms with Gasteiger partial charge in [-0.1, -0.05) is 5.16 Å². The van der Waals surface area contributed by atoms with Crippen LogP contribution in [0.4, 0.5) is 5.95 Å². The maximum atomic E-state index is 6.02. The fraction of sp³-hybridized carbons (Fsp3) is 0.308. The van der Waals surface area contributed by atoms with E-state index < -0.39 is 0 Å². The minimum atomic E-state index is -0.0221. The molecule has 98 valence electrons. The first-order chi connectivity index (χ1) is 9.09. The number of rotatable bonds is 2. The van der Waals surface area contributed by atoms with Gasteiger partial charge in [0.15, 0.2) is 5.65 Å². The van der Waals surface area contributed by atoms with Crippen LogP contribution in [0.15, 0.2) is 22.9 Å². The quantitative estimate of drug-likeness (QED) is 0.761. The van der Waals surface area contributed by atoms with Gasteiger partial charge in [0.05, 0.1) is 11.7 Å². The molecule has 19 heavy (non-hydrogen) atoms. The third-order valence-corrected chi connectivity index (χ3v) is 3.37. The van der Waals surface area contributed by atoms with Gasteiger partial charge in [0.2, 0.25) is 5.95 Å². The summed E-state index contributed by atoms with van der Waals surface area (Å²) in [6.07, 6.45) is 1.74. The number of fused-ring (bicyclic) bond motifs is 1. The minimum Gasteiger partial charge on any atom is -0.369 e. The lowest BCUT2D eigenvalue weighted by molar-refractivity contribution is 0.391. The number of nitrogens with two attached hydrogens (primary N) is 1. The monoisotopic (exact) mass is 257 g/mol. The van der Waals surface area contributed by atoms with Crippen molar-refractivity contribution in [3.05, 3.63) is 35.3 Å². The van der Waals surface area contributed by atoms with Crippen molar-refractivity contribution >= 4 is 17.1 Å². The van der Waals surface area contributed by atoms with Gasteiger partial charge in [0, 0.05) is 11.8 Å². The highest BCUT2D eigenvalue weighted by molar-refractivity contribution is 5.74. The Morgan fingerprint density at radius 1 is 1.37 bits per heavy atom. The smallest absolute Gasteiger partial charge is 0.203 e. The van der Waals surface area contributed by atoms with E-state index in [-0.39, 0.29) is 6.04 Å². The lowest BCUT2D eigenvalue weighted by atomic mass is 10.1. The maximum absolute atomic E-state index is 6.02. The zero-order valence-corrected chi connectivity index (χ0v) is 11.1. The van der Waals surface area contributed by atoms with Crippen molar-refractivity contribution in [2.75, 3.05) is 5.73 Å². The molecular weight excluding hydrogens is 242 g/mol. The Morgan fingerprint density at radius 3 is 2.84 bits per heavy atom. The molecule has 0 amide bonds. The van der Waals surface area contributed by atoms with E-state index in [1.165, 1.54) is 0 Å². The molecular formula is C13H15N5O. The van der Waals surface area contributed by atoms with Crippen LogP contribution < -0.4 is 5.73 Å². The molecule has 0 aliphatic rings.